The number of aromatic nitrogens is 3. The largest absolute Gasteiger partial charge is 0.368 e. The predicted molar refractivity (Wildman–Crippen MR) is 150 cm³/mol. The molecular weight excluding hydrogens is 484 g/mol. The molecule has 0 aliphatic carbocycles. The van der Waals surface area contributed by atoms with Crippen molar-refractivity contribution in [3.05, 3.63) is 70.0 Å². The molecule has 0 atom stereocenters. The molecule has 198 valence electrons. The molecule has 2 aromatic carbocycles. The van der Waals surface area contributed by atoms with E-state index in [9.17, 15) is 14.9 Å². The van der Waals surface area contributed by atoms with Gasteiger partial charge in [-0.25, -0.2) is 9.97 Å². The van der Waals surface area contributed by atoms with Crippen molar-refractivity contribution >= 4 is 39.8 Å². The molecular formula is C27H32N8O3. The second-order valence-electron chi connectivity index (χ2n) is 9.41. The molecule has 4 aromatic rings. The Labute approximate surface area is 221 Å². The Morgan fingerprint density at radius 1 is 1.13 bits per heavy atom. The van der Waals surface area contributed by atoms with Gasteiger partial charge in [0.1, 0.15) is 11.4 Å². The average Bonchev–Trinajstić information content (AvgIpc) is 3.20. The first-order valence-electron chi connectivity index (χ1n) is 12.2. The van der Waals surface area contributed by atoms with Crippen LogP contribution in [0, 0.1) is 17.0 Å². The molecule has 0 aliphatic rings. The summed E-state index contributed by atoms with van der Waals surface area (Å²) in [6.45, 7) is 3.29. The molecule has 0 saturated heterocycles. The molecule has 38 heavy (non-hydrogen) atoms. The number of hydrogen-bond donors (Lipinski definition) is 2. The summed E-state index contributed by atoms with van der Waals surface area (Å²) < 4.78 is 1.84. The molecule has 0 radical (unpaired) electrons. The SMILES string of the molecule is CNC(=O)c1c(-c2ccnc(Nc3cc([N+](=O)[O-])c(N(C)CCN(C)C)cc3C)n2)c2ccccc2n1C. The average molecular weight is 517 g/mol. The number of para-hydroxylation sites is 1. The zero-order valence-corrected chi connectivity index (χ0v) is 22.4. The summed E-state index contributed by atoms with van der Waals surface area (Å²) in [5, 5.41) is 18.7. The van der Waals surface area contributed by atoms with Gasteiger partial charge in [0.25, 0.3) is 11.6 Å². The van der Waals surface area contributed by atoms with Crippen LogP contribution < -0.4 is 15.5 Å². The monoisotopic (exact) mass is 516 g/mol. The Kier molecular flexibility index (Phi) is 7.58. The fraction of sp³-hybridized carbons (Fsp3) is 0.296. The van der Waals surface area contributed by atoms with Crippen molar-refractivity contribution < 1.29 is 9.72 Å². The van der Waals surface area contributed by atoms with E-state index in [2.05, 4.69) is 15.6 Å². The van der Waals surface area contributed by atoms with Crippen LogP contribution in [0.15, 0.2) is 48.7 Å². The number of carbonyl (C=O) groups is 1. The number of likely N-dealkylation sites (N-methyl/N-ethyl adjacent to an activating group) is 2. The lowest BCUT2D eigenvalue weighted by Gasteiger charge is -2.22. The summed E-state index contributed by atoms with van der Waals surface area (Å²) in [5.41, 5.74) is 4.51. The molecule has 2 heterocycles. The normalized spacial score (nSPS) is 11.1. The summed E-state index contributed by atoms with van der Waals surface area (Å²) in [6.07, 6.45) is 1.60. The number of nitrogens with zero attached hydrogens (tertiary/aromatic N) is 6. The molecule has 11 nitrogen and oxygen atoms in total. The molecule has 0 saturated carbocycles. The number of benzene rings is 2. The van der Waals surface area contributed by atoms with Crippen molar-refractivity contribution in [1.82, 2.24) is 24.8 Å². The van der Waals surface area contributed by atoms with E-state index >= 15 is 0 Å². The summed E-state index contributed by atoms with van der Waals surface area (Å²) in [5.74, 6) is 0.0386. The first-order valence-corrected chi connectivity index (χ1v) is 12.2. The second-order valence-corrected chi connectivity index (χ2v) is 9.41. The van der Waals surface area contributed by atoms with Crippen LogP contribution >= 0.6 is 0 Å². The minimum atomic E-state index is -0.380. The number of aryl methyl sites for hydroxylation is 2. The van der Waals surface area contributed by atoms with Gasteiger partial charge in [-0.3, -0.25) is 14.9 Å². The maximum absolute atomic E-state index is 12.8. The van der Waals surface area contributed by atoms with Gasteiger partial charge in [0.15, 0.2) is 0 Å². The highest BCUT2D eigenvalue weighted by Gasteiger charge is 2.24. The van der Waals surface area contributed by atoms with Crippen LogP contribution in [0.3, 0.4) is 0 Å². The van der Waals surface area contributed by atoms with Crippen LogP contribution in [0.25, 0.3) is 22.2 Å². The number of nitro groups is 1. The molecule has 0 unspecified atom stereocenters. The van der Waals surface area contributed by atoms with Crippen LogP contribution in [-0.4, -0.2) is 71.5 Å². The van der Waals surface area contributed by atoms with Crippen LogP contribution in [0.5, 0.6) is 0 Å². The third kappa shape index (κ3) is 5.14. The van der Waals surface area contributed by atoms with Crippen LogP contribution in [0.4, 0.5) is 23.0 Å². The van der Waals surface area contributed by atoms with Gasteiger partial charge in [-0.15, -0.1) is 0 Å². The van der Waals surface area contributed by atoms with Crippen LogP contribution in [-0.2, 0) is 7.05 Å². The van der Waals surface area contributed by atoms with Crippen LogP contribution in [0.1, 0.15) is 16.1 Å². The van der Waals surface area contributed by atoms with E-state index in [1.165, 1.54) is 6.07 Å². The third-order valence-electron chi connectivity index (χ3n) is 6.52. The van der Waals surface area contributed by atoms with Gasteiger partial charge < -0.3 is 25.0 Å². The van der Waals surface area contributed by atoms with Crippen molar-refractivity contribution in [1.29, 1.82) is 0 Å². The lowest BCUT2D eigenvalue weighted by molar-refractivity contribution is -0.384. The van der Waals surface area contributed by atoms with Gasteiger partial charge >= 0.3 is 0 Å². The van der Waals surface area contributed by atoms with Crippen molar-refractivity contribution in [2.45, 2.75) is 6.92 Å². The maximum atomic E-state index is 12.8. The lowest BCUT2D eigenvalue weighted by atomic mass is 10.1. The number of rotatable bonds is 9. The van der Waals surface area contributed by atoms with E-state index in [1.807, 2.05) is 73.7 Å². The number of carbonyl (C=O) groups excluding carboxylic acids is 1. The third-order valence-corrected chi connectivity index (χ3v) is 6.52. The highest BCUT2D eigenvalue weighted by atomic mass is 16.6. The molecule has 0 bridgehead atoms. The van der Waals surface area contributed by atoms with Crippen LogP contribution in [0.2, 0.25) is 0 Å². The summed E-state index contributed by atoms with van der Waals surface area (Å²) in [4.78, 5) is 37.4. The highest BCUT2D eigenvalue weighted by molar-refractivity contribution is 6.09. The second kappa shape index (κ2) is 10.9. The molecule has 2 N–H and O–H groups in total. The summed E-state index contributed by atoms with van der Waals surface area (Å²) >= 11 is 0. The molecule has 4 rings (SSSR count). The molecule has 2 aromatic heterocycles. The zero-order valence-electron chi connectivity index (χ0n) is 22.4. The van der Waals surface area contributed by atoms with Crippen molar-refractivity contribution in [2.24, 2.45) is 7.05 Å². The Morgan fingerprint density at radius 3 is 2.55 bits per heavy atom. The summed E-state index contributed by atoms with van der Waals surface area (Å²) in [6, 6.07) is 12.8. The van der Waals surface area contributed by atoms with Gasteiger partial charge in [-0.05, 0) is 44.8 Å². The minimum Gasteiger partial charge on any atom is -0.368 e. The van der Waals surface area contributed by atoms with Gasteiger partial charge in [0.05, 0.1) is 16.3 Å². The Morgan fingerprint density at radius 2 is 1.87 bits per heavy atom. The van der Waals surface area contributed by atoms with Gasteiger partial charge in [-0.2, -0.15) is 0 Å². The first kappa shape index (κ1) is 26.6. The topological polar surface area (TPSA) is 121 Å². The van der Waals surface area contributed by atoms with E-state index < -0.39 is 0 Å². The number of hydrogen-bond acceptors (Lipinski definition) is 8. The Hall–Kier alpha value is -4.51. The number of amides is 1. The Balaban J connectivity index is 1.75. The highest BCUT2D eigenvalue weighted by Crippen LogP contribution is 2.36. The van der Waals surface area contributed by atoms with Gasteiger partial charge in [0, 0.05) is 63.0 Å². The maximum Gasteiger partial charge on any atom is 0.294 e. The number of nitrogens with one attached hydrogen (secondary N) is 2. The molecule has 1 amide bonds. The number of nitro benzene ring substituents is 1. The smallest absolute Gasteiger partial charge is 0.294 e. The standard InChI is InChI=1S/C27H32N8O3/c1-17-15-22(33(5)14-13-32(3)4)23(35(37)38)16-20(17)31-27-29-12-11-19(30-27)24-18-9-7-8-10-21(18)34(6)25(24)26(36)28-2/h7-12,15-16H,13-14H2,1-6H3,(H,28,36)(H,29,30,31). The zero-order chi connectivity index (χ0) is 27.6. The van der Waals surface area contributed by atoms with E-state index in [4.69, 9.17) is 4.98 Å². The minimum absolute atomic E-state index is 0.00790. The predicted octanol–water partition coefficient (Wildman–Crippen LogP) is 3.95. The van der Waals surface area contributed by atoms with E-state index in [0.29, 0.717) is 34.9 Å². The van der Waals surface area contributed by atoms with E-state index in [0.717, 1.165) is 23.0 Å². The molecule has 0 fully saturated rings. The number of fused-ring (bicyclic) bond motifs is 1. The molecule has 0 aliphatic heterocycles. The van der Waals surface area contributed by atoms with E-state index in [1.54, 1.807) is 25.4 Å². The van der Waals surface area contributed by atoms with E-state index in [-0.39, 0.29) is 22.5 Å². The Bertz CT molecular complexity index is 1510. The fourth-order valence-electron chi connectivity index (χ4n) is 4.45. The van der Waals surface area contributed by atoms with Crippen molar-refractivity contribution in [2.75, 3.05) is 51.5 Å². The number of anilines is 3. The van der Waals surface area contributed by atoms with Gasteiger partial charge in [0.2, 0.25) is 5.95 Å². The van der Waals surface area contributed by atoms with Crippen molar-refractivity contribution in [3.8, 4) is 11.3 Å². The quantitative estimate of drug-likeness (QED) is 0.253. The molecule has 11 heteroatoms. The van der Waals surface area contributed by atoms with Gasteiger partial charge in [-0.1, -0.05) is 18.2 Å². The fourth-order valence-corrected chi connectivity index (χ4v) is 4.45. The summed E-state index contributed by atoms with van der Waals surface area (Å²) in [7, 11) is 9.21. The molecule has 0 spiro atoms. The first-order chi connectivity index (χ1) is 18.1. The van der Waals surface area contributed by atoms with Crippen molar-refractivity contribution in [3.63, 3.8) is 0 Å². The lowest BCUT2D eigenvalue weighted by Crippen LogP contribution is -2.29.